The highest BCUT2D eigenvalue weighted by molar-refractivity contribution is 7.99. The summed E-state index contributed by atoms with van der Waals surface area (Å²) in [4.78, 5) is 4.56. The zero-order valence-corrected chi connectivity index (χ0v) is 9.91. The average Bonchev–Trinajstić information content (AvgIpc) is 2.73. The van der Waals surface area contributed by atoms with Gasteiger partial charge in [-0.1, -0.05) is 0 Å². The molecule has 0 radical (unpaired) electrons. The molecule has 3 heterocycles. The van der Waals surface area contributed by atoms with E-state index in [-0.39, 0.29) is 0 Å². The van der Waals surface area contributed by atoms with Crippen LogP contribution >= 0.6 is 11.8 Å². The number of hydrogen-bond donors (Lipinski definition) is 1. The number of fused-ring (bicyclic) bond motifs is 1. The molecule has 2 aromatic rings. The Kier molecular flexibility index (Phi) is 2.52. The van der Waals surface area contributed by atoms with Crippen LogP contribution < -0.4 is 5.73 Å². The molecule has 0 spiro atoms. The molecule has 1 fully saturated rings. The van der Waals surface area contributed by atoms with Crippen molar-refractivity contribution in [2.45, 2.75) is 18.8 Å². The fourth-order valence-corrected chi connectivity index (χ4v) is 3.40. The quantitative estimate of drug-likeness (QED) is 0.823. The van der Waals surface area contributed by atoms with Crippen molar-refractivity contribution in [2.75, 3.05) is 17.2 Å². The van der Waals surface area contributed by atoms with E-state index in [0.29, 0.717) is 5.92 Å². The normalized spacial score (nSPS) is 18.0. The second-order valence-corrected chi connectivity index (χ2v) is 5.48. The number of rotatable bonds is 1. The molecule has 0 atom stereocenters. The topological polar surface area (TPSA) is 43.3 Å². The predicted octanol–water partition coefficient (Wildman–Crippen LogP) is 2.53. The third kappa shape index (κ3) is 1.67. The van der Waals surface area contributed by atoms with E-state index in [4.69, 9.17) is 5.73 Å². The van der Waals surface area contributed by atoms with Crippen molar-refractivity contribution in [1.29, 1.82) is 0 Å². The molecule has 2 N–H and O–H groups in total. The van der Waals surface area contributed by atoms with E-state index in [9.17, 15) is 0 Å². The van der Waals surface area contributed by atoms with Crippen molar-refractivity contribution < 1.29 is 0 Å². The minimum absolute atomic E-state index is 0.618. The third-order valence-electron chi connectivity index (χ3n) is 3.17. The van der Waals surface area contributed by atoms with Gasteiger partial charge in [-0.15, -0.1) is 0 Å². The first-order valence-electron chi connectivity index (χ1n) is 5.65. The highest BCUT2D eigenvalue weighted by Crippen LogP contribution is 2.31. The molecular weight excluding hydrogens is 218 g/mol. The number of aromatic nitrogens is 2. The summed E-state index contributed by atoms with van der Waals surface area (Å²) in [6.07, 6.45) is 6.45. The Morgan fingerprint density at radius 3 is 3.00 bits per heavy atom. The maximum Gasteiger partial charge on any atom is 0.116 e. The number of anilines is 1. The van der Waals surface area contributed by atoms with Crippen molar-refractivity contribution in [3.8, 4) is 0 Å². The van der Waals surface area contributed by atoms with Crippen molar-refractivity contribution >= 4 is 23.0 Å². The van der Waals surface area contributed by atoms with Gasteiger partial charge in [0.25, 0.3) is 0 Å². The van der Waals surface area contributed by atoms with Crippen LogP contribution in [0.2, 0.25) is 0 Å². The van der Waals surface area contributed by atoms with Crippen LogP contribution in [-0.2, 0) is 0 Å². The van der Waals surface area contributed by atoms with E-state index in [1.165, 1.54) is 30.2 Å². The first kappa shape index (κ1) is 10.0. The molecule has 4 heteroatoms. The van der Waals surface area contributed by atoms with Gasteiger partial charge in [0.2, 0.25) is 0 Å². The van der Waals surface area contributed by atoms with Crippen LogP contribution in [-0.4, -0.2) is 20.9 Å². The maximum absolute atomic E-state index is 5.77. The lowest BCUT2D eigenvalue weighted by Gasteiger charge is -2.20. The molecule has 2 aromatic heterocycles. The standard InChI is InChI=1S/C12H15N3S/c13-10-1-4-15-11(7-10)8-14-12(15)9-2-5-16-6-3-9/h1,4,7-9H,2-3,5-6,13H2. The molecule has 0 amide bonds. The van der Waals surface area contributed by atoms with Crippen LogP contribution in [0.15, 0.2) is 24.5 Å². The number of nitrogens with two attached hydrogens (primary N) is 1. The first-order valence-corrected chi connectivity index (χ1v) is 6.80. The Labute approximate surface area is 99.1 Å². The number of hydrogen-bond acceptors (Lipinski definition) is 3. The van der Waals surface area contributed by atoms with Crippen LogP contribution in [0.1, 0.15) is 24.6 Å². The van der Waals surface area contributed by atoms with Crippen LogP contribution in [0, 0.1) is 0 Å². The van der Waals surface area contributed by atoms with Crippen molar-refractivity contribution in [3.05, 3.63) is 30.4 Å². The van der Waals surface area contributed by atoms with E-state index in [0.717, 1.165) is 11.2 Å². The zero-order chi connectivity index (χ0) is 11.0. The number of nitrogen functional groups attached to an aromatic ring is 1. The lowest BCUT2D eigenvalue weighted by Crippen LogP contribution is -2.11. The molecule has 1 saturated heterocycles. The van der Waals surface area contributed by atoms with Gasteiger partial charge in [-0.05, 0) is 36.5 Å². The number of nitrogens with zero attached hydrogens (tertiary/aromatic N) is 2. The van der Waals surface area contributed by atoms with Crippen LogP contribution in [0.4, 0.5) is 5.69 Å². The van der Waals surface area contributed by atoms with Gasteiger partial charge in [-0.3, -0.25) is 0 Å². The van der Waals surface area contributed by atoms with E-state index >= 15 is 0 Å². The molecule has 84 valence electrons. The number of thioether (sulfide) groups is 1. The molecule has 1 aliphatic heterocycles. The van der Waals surface area contributed by atoms with E-state index in [1.807, 2.05) is 36.3 Å². The number of imidazole rings is 1. The average molecular weight is 233 g/mol. The Morgan fingerprint density at radius 1 is 1.38 bits per heavy atom. The molecule has 3 nitrogen and oxygen atoms in total. The van der Waals surface area contributed by atoms with E-state index < -0.39 is 0 Å². The number of pyridine rings is 1. The van der Waals surface area contributed by atoms with Gasteiger partial charge in [-0.25, -0.2) is 4.98 Å². The Morgan fingerprint density at radius 2 is 2.19 bits per heavy atom. The second-order valence-electron chi connectivity index (χ2n) is 4.26. The van der Waals surface area contributed by atoms with Crippen LogP contribution in [0.25, 0.3) is 5.52 Å². The largest absolute Gasteiger partial charge is 0.399 e. The minimum atomic E-state index is 0.618. The SMILES string of the molecule is Nc1ccn2c(C3CCSCC3)ncc2c1. The van der Waals surface area contributed by atoms with Gasteiger partial charge in [0.1, 0.15) is 5.82 Å². The molecular formula is C12H15N3S. The Balaban J connectivity index is 2.03. The van der Waals surface area contributed by atoms with Gasteiger partial charge in [0, 0.05) is 17.8 Å². The molecule has 0 saturated carbocycles. The lowest BCUT2D eigenvalue weighted by molar-refractivity contribution is 0.596. The fourth-order valence-electron chi connectivity index (χ4n) is 2.30. The monoisotopic (exact) mass is 233 g/mol. The molecule has 3 rings (SSSR count). The highest BCUT2D eigenvalue weighted by atomic mass is 32.2. The van der Waals surface area contributed by atoms with Crippen molar-refractivity contribution in [2.24, 2.45) is 0 Å². The lowest BCUT2D eigenvalue weighted by atomic mass is 10.0. The molecule has 0 aliphatic carbocycles. The Hall–Kier alpha value is -1.16. The summed E-state index contributed by atoms with van der Waals surface area (Å²) >= 11 is 2.05. The van der Waals surface area contributed by atoms with Gasteiger partial charge in [0.05, 0.1) is 11.7 Å². The minimum Gasteiger partial charge on any atom is -0.399 e. The van der Waals surface area contributed by atoms with E-state index in [1.54, 1.807) is 0 Å². The van der Waals surface area contributed by atoms with Crippen LogP contribution in [0.3, 0.4) is 0 Å². The van der Waals surface area contributed by atoms with Crippen LogP contribution in [0.5, 0.6) is 0 Å². The zero-order valence-electron chi connectivity index (χ0n) is 9.10. The summed E-state index contributed by atoms with van der Waals surface area (Å²) in [6, 6.07) is 3.92. The summed E-state index contributed by atoms with van der Waals surface area (Å²) in [6.45, 7) is 0. The second kappa shape index (κ2) is 4.01. The van der Waals surface area contributed by atoms with Gasteiger partial charge >= 0.3 is 0 Å². The summed E-state index contributed by atoms with van der Waals surface area (Å²) < 4.78 is 2.18. The smallest absolute Gasteiger partial charge is 0.116 e. The Bertz CT molecular complexity index is 500. The van der Waals surface area contributed by atoms with Gasteiger partial charge in [0.15, 0.2) is 0 Å². The van der Waals surface area contributed by atoms with Crippen molar-refractivity contribution in [1.82, 2.24) is 9.38 Å². The summed E-state index contributed by atoms with van der Waals surface area (Å²) in [5.41, 5.74) is 7.68. The maximum atomic E-state index is 5.77. The molecule has 1 aliphatic rings. The van der Waals surface area contributed by atoms with Gasteiger partial charge < -0.3 is 10.1 Å². The molecule has 0 unspecified atom stereocenters. The van der Waals surface area contributed by atoms with E-state index in [2.05, 4.69) is 9.38 Å². The molecule has 0 bridgehead atoms. The fraction of sp³-hybridized carbons (Fsp3) is 0.417. The first-order chi connectivity index (χ1) is 7.84. The van der Waals surface area contributed by atoms with Gasteiger partial charge in [-0.2, -0.15) is 11.8 Å². The highest BCUT2D eigenvalue weighted by Gasteiger charge is 2.19. The van der Waals surface area contributed by atoms with Crippen molar-refractivity contribution in [3.63, 3.8) is 0 Å². The predicted molar refractivity (Wildman–Crippen MR) is 68.9 cm³/mol. The summed E-state index contributed by atoms with van der Waals surface area (Å²) in [5.74, 6) is 4.34. The molecule has 0 aromatic carbocycles. The summed E-state index contributed by atoms with van der Waals surface area (Å²) in [5, 5.41) is 0. The summed E-state index contributed by atoms with van der Waals surface area (Å²) in [7, 11) is 0. The third-order valence-corrected chi connectivity index (χ3v) is 4.22. The molecule has 16 heavy (non-hydrogen) atoms.